The summed E-state index contributed by atoms with van der Waals surface area (Å²) in [6.07, 6.45) is 1.86. The van der Waals surface area contributed by atoms with Crippen molar-refractivity contribution in [2.45, 2.75) is 19.8 Å². The van der Waals surface area contributed by atoms with E-state index in [-0.39, 0.29) is 11.8 Å². The van der Waals surface area contributed by atoms with Gasteiger partial charge in [0.25, 0.3) is 0 Å². The molecule has 76 valence electrons. The van der Waals surface area contributed by atoms with Crippen LogP contribution < -0.4 is 5.32 Å². The lowest BCUT2D eigenvalue weighted by molar-refractivity contribution is -0.123. The van der Waals surface area contributed by atoms with Crippen LogP contribution in [0.25, 0.3) is 0 Å². The molecule has 1 saturated heterocycles. The lowest BCUT2D eigenvalue weighted by Crippen LogP contribution is -2.19. The molecule has 1 N–H and O–H groups in total. The third kappa shape index (κ3) is 1.80. The van der Waals surface area contributed by atoms with Crippen molar-refractivity contribution in [1.29, 1.82) is 0 Å². The molecule has 1 fully saturated rings. The Bertz CT molecular complexity index is 310. The van der Waals surface area contributed by atoms with Crippen molar-refractivity contribution in [1.82, 2.24) is 10.3 Å². The highest BCUT2D eigenvalue weighted by Gasteiger charge is 2.33. The molecule has 2 heterocycles. The molecule has 0 radical (unpaired) electrons. The molecular formula is C10H14N2OS. The molecule has 2 rings (SSSR count). The molecule has 0 saturated carbocycles. The number of hydrogen-bond donors (Lipinski definition) is 1. The predicted octanol–water partition coefficient (Wildman–Crippen LogP) is 1.46. The number of nitrogens with zero attached hydrogens (tertiary/aromatic N) is 1. The van der Waals surface area contributed by atoms with Crippen LogP contribution in [0.5, 0.6) is 0 Å². The first-order valence-corrected chi connectivity index (χ1v) is 5.90. The minimum Gasteiger partial charge on any atom is -0.356 e. The van der Waals surface area contributed by atoms with E-state index in [1.165, 1.54) is 0 Å². The molecule has 14 heavy (non-hydrogen) atoms. The van der Waals surface area contributed by atoms with Gasteiger partial charge in [-0.3, -0.25) is 4.79 Å². The second-order valence-corrected chi connectivity index (χ2v) is 4.42. The molecule has 1 aliphatic heterocycles. The van der Waals surface area contributed by atoms with Crippen molar-refractivity contribution in [3.63, 3.8) is 0 Å². The molecule has 0 spiro atoms. The summed E-state index contributed by atoms with van der Waals surface area (Å²) in [4.78, 5) is 15.7. The summed E-state index contributed by atoms with van der Waals surface area (Å²) in [6.45, 7) is 2.89. The Balaban J connectivity index is 2.01. The molecule has 1 aliphatic rings. The highest BCUT2D eigenvalue weighted by molar-refractivity contribution is 7.07. The van der Waals surface area contributed by atoms with Crippen molar-refractivity contribution in [2.75, 3.05) is 6.54 Å². The van der Waals surface area contributed by atoms with E-state index in [1.807, 2.05) is 5.51 Å². The number of nitrogens with one attached hydrogen (secondary N) is 1. The van der Waals surface area contributed by atoms with Crippen LogP contribution in [0.3, 0.4) is 0 Å². The van der Waals surface area contributed by atoms with Crippen molar-refractivity contribution in [3.05, 3.63) is 16.6 Å². The van der Waals surface area contributed by atoms with E-state index in [0.717, 1.165) is 25.1 Å². The smallest absolute Gasteiger partial charge is 0.223 e. The maximum Gasteiger partial charge on any atom is 0.223 e. The molecule has 2 atom stereocenters. The van der Waals surface area contributed by atoms with Crippen LogP contribution in [-0.2, 0) is 11.2 Å². The van der Waals surface area contributed by atoms with E-state index in [9.17, 15) is 4.79 Å². The van der Waals surface area contributed by atoms with Gasteiger partial charge in [-0.15, -0.1) is 11.3 Å². The van der Waals surface area contributed by atoms with Crippen molar-refractivity contribution in [2.24, 2.45) is 11.8 Å². The van der Waals surface area contributed by atoms with Crippen molar-refractivity contribution in [3.8, 4) is 0 Å². The summed E-state index contributed by atoms with van der Waals surface area (Å²) in [5, 5.41) is 4.98. The summed E-state index contributed by atoms with van der Waals surface area (Å²) >= 11 is 1.62. The Kier molecular flexibility index (Phi) is 2.82. The maximum atomic E-state index is 11.4. The van der Waals surface area contributed by atoms with Gasteiger partial charge in [0.05, 0.1) is 11.2 Å². The molecule has 0 aromatic carbocycles. The zero-order valence-corrected chi connectivity index (χ0v) is 9.01. The number of carbonyl (C=O) groups is 1. The second kappa shape index (κ2) is 4.09. The van der Waals surface area contributed by atoms with Crippen LogP contribution in [0.2, 0.25) is 0 Å². The lowest BCUT2D eigenvalue weighted by Gasteiger charge is -2.12. The first-order chi connectivity index (χ1) is 6.81. The zero-order valence-electron chi connectivity index (χ0n) is 8.19. The monoisotopic (exact) mass is 210 g/mol. The van der Waals surface area contributed by atoms with Gasteiger partial charge in [-0.25, -0.2) is 4.98 Å². The van der Waals surface area contributed by atoms with Crippen molar-refractivity contribution < 1.29 is 4.79 Å². The van der Waals surface area contributed by atoms with Gasteiger partial charge >= 0.3 is 0 Å². The summed E-state index contributed by atoms with van der Waals surface area (Å²) in [5.41, 5.74) is 2.97. The Labute approximate surface area is 87.6 Å². The number of rotatable bonds is 3. The zero-order chi connectivity index (χ0) is 9.97. The Morgan fingerprint density at radius 1 is 1.71 bits per heavy atom. The summed E-state index contributed by atoms with van der Waals surface area (Å²) in [5.74, 6) is 0.846. The summed E-state index contributed by atoms with van der Waals surface area (Å²) < 4.78 is 0. The fourth-order valence-corrected chi connectivity index (χ4v) is 2.63. The average Bonchev–Trinajstić information content (AvgIpc) is 2.77. The number of aromatic nitrogens is 1. The van der Waals surface area contributed by atoms with Crippen LogP contribution in [0.4, 0.5) is 0 Å². The van der Waals surface area contributed by atoms with Crippen LogP contribution in [0.1, 0.15) is 19.0 Å². The molecule has 1 amide bonds. The molecule has 1 aromatic heterocycles. The topological polar surface area (TPSA) is 42.0 Å². The summed E-state index contributed by atoms with van der Waals surface area (Å²) in [6, 6.07) is 0. The van der Waals surface area contributed by atoms with E-state index in [0.29, 0.717) is 5.92 Å². The first-order valence-electron chi connectivity index (χ1n) is 4.96. The van der Waals surface area contributed by atoms with Gasteiger partial charge in [-0.2, -0.15) is 0 Å². The van der Waals surface area contributed by atoms with E-state index >= 15 is 0 Å². The van der Waals surface area contributed by atoms with Gasteiger partial charge in [-0.1, -0.05) is 6.92 Å². The summed E-state index contributed by atoms with van der Waals surface area (Å²) in [7, 11) is 0. The number of carbonyl (C=O) groups excluding carboxylic acids is 1. The van der Waals surface area contributed by atoms with Gasteiger partial charge in [0.1, 0.15) is 0 Å². The molecule has 1 aromatic rings. The van der Waals surface area contributed by atoms with Crippen molar-refractivity contribution >= 4 is 17.2 Å². The minimum absolute atomic E-state index is 0.191. The third-order valence-corrected chi connectivity index (χ3v) is 3.47. The molecule has 0 aliphatic carbocycles. The Morgan fingerprint density at radius 2 is 2.57 bits per heavy atom. The van der Waals surface area contributed by atoms with Gasteiger partial charge < -0.3 is 5.32 Å². The minimum atomic E-state index is 0.191. The maximum absolute atomic E-state index is 11.4. The van der Waals surface area contributed by atoms with E-state index in [1.54, 1.807) is 11.3 Å². The Hall–Kier alpha value is -0.900. The van der Waals surface area contributed by atoms with Crippen LogP contribution >= 0.6 is 11.3 Å². The van der Waals surface area contributed by atoms with Crippen LogP contribution in [-0.4, -0.2) is 17.4 Å². The van der Waals surface area contributed by atoms with Gasteiger partial charge in [0.15, 0.2) is 0 Å². The van der Waals surface area contributed by atoms with E-state index < -0.39 is 0 Å². The second-order valence-electron chi connectivity index (χ2n) is 3.70. The third-order valence-electron chi connectivity index (χ3n) is 2.84. The molecular weight excluding hydrogens is 196 g/mol. The van der Waals surface area contributed by atoms with E-state index in [2.05, 4.69) is 22.6 Å². The predicted molar refractivity (Wildman–Crippen MR) is 56.1 cm³/mol. The van der Waals surface area contributed by atoms with Gasteiger partial charge in [0, 0.05) is 17.8 Å². The normalized spacial score (nSPS) is 26.5. The number of hydrogen-bond acceptors (Lipinski definition) is 3. The van der Waals surface area contributed by atoms with E-state index in [4.69, 9.17) is 0 Å². The van der Waals surface area contributed by atoms with Gasteiger partial charge in [-0.05, 0) is 18.8 Å². The highest BCUT2D eigenvalue weighted by atomic mass is 32.1. The quantitative estimate of drug-likeness (QED) is 0.820. The Morgan fingerprint density at radius 3 is 3.21 bits per heavy atom. The molecule has 0 bridgehead atoms. The van der Waals surface area contributed by atoms with Crippen LogP contribution in [0, 0.1) is 11.8 Å². The number of amides is 1. The fourth-order valence-electron chi connectivity index (χ4n) is 2.06. The van der Waals surface area contributed by atoms with Crippen LogP contribution in [0.15, 0.2) is 10.9 Å². The standard InChI is InChI=1S/C10H14N2OS/c1-2-9-7(4-11-10(9)13)3-8-5-14-6-12-8/h5-7,9H,2-4H2,1H3,(H,11,13). The highest BCUT2D eigenvalue weighted by Crippen LogP contribution is 2.24. The SMILES string of the molecule is CCC1C(=O)NCC1Cc1cscn1. The average molecular weight is 210 g/mol. The molecule has 2 unspecified atom stereocenters. The lowest BCUT2D eigenvalue weighted by atomic mass is 9.89. The molecule has 4 heteroatoms. The number of thiazole rings is 1. The fraction of sp³-hybridized carbons (Fsp3) is 0.600. The molecule has 3 nitrogen and oxygen atoms in total. The largest absolute Gasteiger partial charge is 0.356 e. The first kappa shape index (κ1) is 9.65. The van der Waals surface area contributed by atoms with Gasteiger partial charge in [0.2, 0.25) is 5.91 Å².